The molecule has 1 aliphatic heterocycles. The molecule has 0 N–H and O–H groups in total. The quantitative estimate of drug-likeness (QED) is 0.423. The highest BCUT2D eigenvalue weighted by Crippen LogP contribution is 2.53. The molecule has 0 radical (unpaired) electrons. The zero-order chi connectivity index (χ0) is 15.4. The lowest BCUT2D eigenvalue weighted by Gasteiger charge is -2.35. The van der Waals surface area contributed by atoms with Crippen LogP contribution in [0.4, 0.5) is 0 Å². The summed E-state index contributed by atoms with van der Waals surface area (Å²) in [6, 6.07) is 0. The molecule has 0 spiro atoms. The molecule has 2 aliphatic carbocycles. The number of hydrogen-bond donors (Lipinski definition) is 0. The Morgan fingerprint density at radius 2 is 2.14 bits per heavy atom. The average Bonchev–Trinajstić information content (AvgIpc) is 2.79. The van der Waals surface area contributed by atoms with Gasteiger partial charge in [0.25, 0.3) is 0 Å². The second-order valence-electron chi connectivity index (χ2n) is 6.73. The molecule has 0 aromatic rings. The van der Waals surface area contributed by atoms with Gasteiger partial charge in [-0.1, -0.05) is 17.7 Å². The highest BCUT2D eigenvalue weighted by Gasteiger charge is 2.56. The molecule has 1 saturated heterocycles. The number of rotatable bonds is 1. The lowest BCUT2D eigenvalue weighted by Crippen LogP contribution is -2.43. The topological polar surface area (TPSA) is 52.6 Å². The predicted octanol–water partition coefficient (Wildman–Crippen LogP) is 2.93. The molecule has 4 atom stereocenters. The van der Waals surface area contributed by atoms with E-state index in [1.54, 1.807) is 0 Å². The van der Waals surface area contributed by atoms with Crippen molar-refractivity contribution in [1.29, 1.82) is 0 Å². The summed E-state index contributed by atoms with van der Waals surface area (Å²) in [7, 11) is 0. The van der Waals surface area contributed by atoms with Gasteiger partial charge in [0.05, 0.1) is 5.92 Å². The Morgan fingerprint density at radius 1 is 1.43 bits per heavy atom. The summed E-state index contributed by atoms with van der Waals surface area (Å²) in [5.74, 6) is -0.554. The number of hydrogen-bond acceptors (Lipinski definition) is 4. The molecule has 1 heterocycles. The number of allylic oxidation sites excluding steroid dienone is 1. The van der Waals surface area contributed by atoms with Gasteiger partial charge < -0.3 is 9.47 Å². The summed E-state index contributed by atoms with van der Waals surface area (Å²) in [4.78, 5) is 23.4. The standard InChI is InChI=1S/C17H22O4/c1-9-5-6-13-10(2)16(19)20-15(13)14-12(9)7-8-17(14,4)21-11(3)18/h13-15H,2,5-8H2,1,3-4H3/t13-,14-,15-,17+/m0/s1. The molecule has 3 aliphatic rings. The van der Waals surface area contributed by atoms with Gasteiger partial charge in [-0.2, -0.15) is 0 Å². The summed E-state index contributed by atoms with van der Waals surface area (Å²) in [5, 5.41) is 0. The highest BCUT2D eigenvalue weighted by atomic mass is 16.6. The van der Waals surface area contributed by atoms with E-state index >= 15 is 0 Å². The van der Waals surface area contributed by atoms with Crippen LogP contribution in [0.25, 0.3) is 0 Å². The van der Waals surface area contributed by atoms with Crippen LogP contribution in [0, 0.1) is 11.8 Å². The highest BCUT2D eigenvalue weighted by molar-refractivity contribution is 5.91. The van der Waals surface area contributed by atoms with Crippen LogP contribution in [0.1, 0.15) is 46.5 Å². The van der Waals surface area contributed by atoms with E-state index in [-0.39, 0.29) is 29.9 Å². The third kappa shape index (κ3) is 2.12. The maximum absolute atomic E-state index is 11.9. The lowest BCUT2D eigenvalue weighted by atomic mass is 9.79. The first-order chi connectivity index (χ1) is 9.83. The van der Waals surface area contributed by atoms with E-state index in [1.165, 1.54) is 18.1 Å². The fourth-order valence-electron chi connectivity index (χ4n) is 4.33. The van der Waals surface area contributed by atoms with Gasteiger partial charge in [0.1, 0.15) is 11.7 Å². The third-order valence-electron chi connectivity index (χ3n) is 5.36. The number of esters is 2. The Kier molecular flexibility index (Phi) is 3.23. The molecule has 4 nitrogen and oxygen atoms in total. The molecule has 0 aromatic carbocycles. The maximum atomic E-state index is 11.9. The first kappa shape index (κ1) is 14.4. The smallest absolute Gasteiger partial charge is 0.334 e. The van der Waals surface area contributed by atoms with Crippen LogP contribution in [0.2, 0.25) is 0 Å². The molecule has 1 saturated carbocycles. The van der Waals surface area contributed by atoms with E-state index < -0.39 is 5.60 Å². The SMILES string of the molecule is C=C1C(=O)O[C@H]2[C@H]1CCC(C)=C1CC[C@@](C)(OC(C)=O)[C@@H]12. The van der Waals surface area contributed by atoms with E-state index in [2.05, 4.69) is 13.5 Å². The summed E-state index contributed by atoms with van der Waals surface area (Å²) in [6.45, 7) is 9.46. The van der Waals surface area contributed by atoms with Gasteiger partial charge in [-0.15, -0.1) is 0 Å². The van der Waals surface area contributed by atoms with Crippen molar-refractivity contribution in [3.63, 3.8) is 0 Å². The first-order valence-corrected chi connectivity index (χ1v) is 7.61. The zero-order valence-electron chi connectivity index (χ0n) is 12.9. The van der Waals surface area contributed by atoms with Crippen LogP contribution in [0.15, 0.2) is 23.3 Å². The Labute approximate surface area is 125 Å². The fourth-order valence-corrected chi connectivity index (χ4v) is 4.33. The molecule has 4 heteroatoms. The van der Waals surface area contributed by atoms with Gasteiger partial charge >= 0.3 is 11.9 Å². The molecule has 2 fully saturated rings. The van der Waals surface area contributed by atoms with Crippen molar-refractivity contribution in [3.8, 4) is 0 Å². The summed E-state index contributed by atoms with van der Waals surface area (Å²) in [5.41, 5.74) is 2.66. The van der Waals surface area contributed by atoms with E-state index in [9.17, 15) is 9.59 Å². The molecule has 0 bridgehead atoms. The van der Waals surface area contributed by atoms with Crippen molar-refractivity contribution in [3.05, 3.63) is 23.3 Å². The monoisotopic (exact) mass is 290 g/mol. The summed E-state index contributed by atoms with van der Waals surface area (Å²) >= 11 is 0. The van der Waals surface area contributed by atoms with Gasteiger partial charge in [0, 0.05) is 18.4 Å². The molecule has 21 heavy (non-hydrogen) atoms. The number of ether oxygens (including phenoxy) is 2. The first-order valence-electron chi connectivity index (χ1n) is 7.61. The Hall–Kier alpha value is -1.58. The van der Waals surface area contributed by atoms with Gasteiger partial charge in [0.2, 0.25) is 0 Å². The lowest BCUT2D eigenvalue weighted by molar-refractivity contribution is -0.164. The maximum Gasteiger partial charge on any atom is 0.334 e. The minimum absolute atomic E-state index is 0.0305. The third-order valence-corrected chi connectivity index (χ3v) is 5.36. The van der Waals surface area contributed by atoms with Gasteiger partial charge in [-0.25, -0.2) is 4.79 Å². The fraction of sp³-hybridized carbons (Fsp3) is 0.647. The van der Waals surface area contributed by atoms with Crippen LogP contribution in [-0.2, 0) is 19.1 Å². The number of fused-ring (bicyclic) bond motifs is 3. The van der Waals surface area contributed by atoms with Gasteiger partial charge in [0.15, 0.2) is 0 Å². The zero-order valence-corrected chi connectivity index (χ0v) is 12.9. The van der Waals surface area contributed by atoms with E-state index in [4.69, 9.17) is 9.47 Å². The van der Waals surface area contributed by atoms with Crippen molar-refractivity contribution in [2.75, 3.05) is 0 Å². The van der Waals surface area contributed by atoms with Crippen LogP contribution in [0.5, 0.6) is 0 Å². The van der Waals surface area contributed by atoms with Crippen molar-refractivity contribution in [2.45, 2.75) is 58.2 Å². The molecule has 0 aromatic heterocycles. The summed E-state index contributed by atoms with van der Waals surface area (Å²) < 4.78 is 11.3. The van der Waals surface area contributed by atoms with Crippen LogP contribution in [-0.4, -0.2) is 23.6 Å². The van der Waals surface area contributed by atoms with Gasteiger partial charge in [-0.05, 0) is 39.5 Å². The van der Waals surface area contributed by atoms with Crippen LogP contribution < -0.4 is 0 Å². The second-order valence-corrected chi connectivity index (χ2v) is 6.73. The average molecular weight is 290 g/mol. The van der Waals surface area contributed by atoms with Crippen molar-refractivity contribution in [2.24, 2.45) is 11.8 Å². The van der Waals surface area contributed by atoms with E-state index in [0.717, 1.165) is 25.7 Å². The minimum Gasteiger partial charge on any atom is -0.459 e. The molecule has 114 valence electrons. The number of carbonyl (C=O) groups excluding carboxylic acids is 2. The minimum atomic E-state index is -0.583. The molecule has 0 unspecified atom stereocenters. The largest absolute Gasteiger partial charge is 0.459 e. The Bertz CT molecular complexity index is 559. The summed E-state index contributed by atoms with van der Waals surface area (Å²) in [6.07, 6.45) is 3.31. The molecule has 0 amide bonds. The molecular formula is C17H22O4. The van der Waals surface area contributed by atoms with Crippen LogP contribution >= 0.6 is 0 Å². The number of carbonyl (C=O) groups is 2. The molecular weight excluding hydrogens is 268 g/mol. The van der Waals surface area contributed by atoms with Crippen molar-refractivity contribution in [1.82, 2.24) is 0 Å². The van der Waals surface area contributed by atoms with Gasteiger partial charge in [-0.3, -0.25) is 4.79 Å². The molecule has 3 rings (SSSR count). The predicted molar refractivity (Wildman–Crippen MR) is 77.3 cm³/mol. The normalized spacial score (nSPS) is 38.7. The Morgan fingerprint density at radius 3 is 2.81 bits per heavy atom. The Balaban J connectivity index is 2.04. The van der Waals surface area contributed by atoms with Crippen molar-refractivity contribution >= 4 is 11.9 Å². The second kappa shape index (κ2) is 4.72. The van der Waals surface area contributed by atoms with E-state index in [0.29, 0.717) is 5.57 Å². The van der Waals surface area contributed by atoms with Crippen molar-refractivity contribution < 1.29 is 19.1 Å². The van der Waals surface area contributed by atoms with E-state index in [1.807, 2.05) is 6.92 Å². The van der Waals surface area contributed by atoms with Crippen LogP contribution in [0.3, 0.4) is 0 Å².